The van der Waals surface area contributed by atoms with Crippen molar-refractivity contribution in [1.29, 1.82) is 5.26 Å². The first-order chi connectivity index (χ1) is 10.3. The van der Waals surface area contributed by atoms with E-state index >= 15 is 0 Å². The number of rotatable bonds is 5. The molecule has 0 aliphatic carbocycles. The first-order valence-corrected chi connectivity index (χ1v) is 7.66. The van der Waals surface area contributed by atoms with Crippen LogP contribution in [0.2, 0.25) is 0 Å². The second kappa shape index (κ2) is 8.31. The van der Waals surface area contributed by atoms with Crippen molar-refractivity contribution in [3.63, 3.8) is 0 Å². The van der Waals surface area contributed by atoms with Gasteiger partial charge in [-0.3, -0.25) is 4.79 Å². The Bertz CT molecular complexity index is 491. The van der Waals surface area contributed by atoms with Crippen LogP contribution in [0.15, 0.2) is 24.3 Å². The average molecular weight is 286 g/mol. The van der Waals surface area contributed by atoms with Gasteiger partial charge in [0.1, 0.15) is 12.4 Å². The molecule has 21 heavy (non-hydrogen) atoms. The maximum Gasteiger partial charge on any atom is 0.222 e. The highest BCUT2D eigenvalue weighted by Crippen LogP contribution is 2.14. The minimum Gasteiger partial charge on any atom is -0.492 e. The van der Waals surface area contributed by atoms with E-state index in [1.54, 1.807) is 0 Å². The summed E-state index contributed by atoms with van der Waals surface area (Å²) in [6, 6.07) is 9.68. The standard InChI is InChI=1S/C17H22N2O2/c18-11-10-15-6-8-16(9-7-15)21-14-13-19-12-4-2-1-3-5-17(19)20/h6-9H,1-5,10,12-14H2. The van der Waals surface area contributed by atoms with Gasteiger partial charge in [0.05, 0.1) is 19.0 Å². The van der Waals surface area contributed by atoms with E-state index in [4.69, 9.17) is 10.00 Å². The average Bonchev–Trinajstić information content (AvgIpc) is 2.48. The second-order valence-electron chi connectivity index (χ2n) is 5.37. The van der Waals surface area contributed by atoms with Gasteiger partial charge in [-0.1, -0.05) is 25.0 Å². The number of carbonyl (C=O) groups excluding carboxylic acids is 1. The van der Waals surface area contributed by atoms with E-state index in [0.717, 1.165) is 30.7 Å². The van der Waals surface area contributed by atoms with Gasteiger partial charge < -0.3 is 9.64 Å². The highest BCUT2D eigenvalue weighted by atomic mass is 16.5. The normalized spacial score (nSPS) is 16.0. The number of hydrogen-bond acceptors (Lipinski definition) is 3. The van der Waals surface area contributed by atoms with Gasteiger partial charge in [0.2, 0.25) is 5.91 Å². The molecule has 112 valence electrons. The monoisotopic (exact) mass is 286 g/mol. The molecule has 0 atom stereocenters. The Balaban J connectivity index is 1.77. The molecule has 1 heterocycles. The van der Waals surface area contributed by atoms with Crippen LogP contribution in [-0.2, 0) is 11.2 Å². The predicted molar refractivity (Wildman–Crippen MR) is 80.9 cm³/mol. The summed E-state index contributed by atoms with van der Waals surface area (Å²) >= 11 is 0. The Morgan fingerprint density at radius 2 is 1.90 bits per heavy atom. The van der Waals surface area contributed by atoms with E-state index in [-0.39, 0.29) is 5.91 Å². The van der Waals surface area contributed by atoms with Gasteiger partial charge in [-0.2, -0.15) is 5.26 Å². The van der Waals surface area contributed by atoms with Crippen molar-refractivity contribution in [2.45, 2.75) is 38.5 Å². The third-order valence-electron chi connectivity index (χ3n) is 3.76. The van der Waals surface area contributed by atoms with Crippen LogP contribution in [0.1, 0.15) is 37.7 Å². The van der Waals surface area contributed by atoms with Crippen molar-refractivity contribution in [3.8, 4) is 11.8 Å². The van der Waals surface area contributed by atoms with E-state index in [9.17, 15) is 4.79 Å². The maximum atomic E-state index is 12.0. The zero-order valence-corrected chi connectivity index (χ0v) is 12.4. The minimum atomic E-state index is 0.252. The molecule has 1 aromatic carbocycles. The van der Waals surface area contributed by atoms with Crippen molar-refractivity contribution in [3.05, 3.63) is 29.8 Å². The summed E-state index contributed by atoms with van der Waals surface area (Å²) in [7, 11) is 0. The summed E-state index contributed by atoms with van der Waals surface area (Å²) < 4.78 is 5.69. The van der Waals surface area contributed by atoms with Crippen molar-refractivity contribution in [1.82, 2.24) is 4.90 Å². The summed E-state index contributed by atoms with van der Waals surface area (Å²) in [5, 5.41) is 8.62. The quantitative estimate of drug-likeness (QED) is 0.836. The Hall–Kier alpha value is -2.02. The highest BCUT2D eigenvalue weighted by molar-refractivity contribution is 5.76. The van der Waals surface area contributed by atoms with Crippen LogP contribution >= 0.6 is 0 Å². The van der Waals surface area contributed by atoms with Crippen LogP contribution in [0.4, 0.5) is 0 Å². The van der Waals surface area contributed by atoms with E-state index < -0.39 is 0 Å². The Labute approximate surface area is 126 Å². The number of carbonyl (C=O) groups is 1. The number of benzene rings is 1. The second-order valence-corrected chi connectivity index (χ2v) is 5.37. The van der Waals surface area contributed by atoms with Gasteiger partial charge >= 0.3 is 0 Å². The third-order valence-corrected chi connectivity index (χ3v) is 3.76. The fourth-order valence-corrected chi connectivity index (χ4v) is 2.52. The molecule has 2 rings (SSSR count). The third kappa shape index (κ3) is 5.11. The van der Waals surface area contributed by atoms with Gasteiger partial charge in [-0.15, -0.1) is 0 Å². The molecule has 0 radical (unpaired) electrons. The largest absolute Gasteiger partial charge is 0.492 e. The first kappa shape index (κ1) is 15.4. The van der Waals surface area contributed by atoms with E-state index in [1.807, 2.05) is 29.2 Å². The maximum absolute atomic E-state index is 12.0. The molecule has 0 saturated carbocycles. The van der Waals surface area contributed by atoms with Gasteiger partial charge in [0.25, 0.3) is 0 Å². The summed E-state index contributed by atoms with van der Waals surface area (Å²) in [5.74, 6) is 1.04. The van der Waals surface area contributed by atoms with Crippen molar-refractivity contribution < 1.29 is 9.53 Å². The lowest BCUT2D eigenvalue weighted by atomic mass is 10.1. The lowest BCUT2D eigenvalue weighted by Gasteiger charge is -2.24. The topological polar surface area (TPSA) is 53.3 Å². The summed E-state index contributed by atoms with van der Waals surface area (Å²) in [6.07, 6.45) is 5.58. The molecule has 1 aliphatic heterocycles. The zero-order valence-electron chi connectivity index (χ0n) is 12.4. The molecule has 0 unspecified atom stereocenters. The molecule has 0 aromatic heterocycles. The van der Waals surface area contributed by atoms with Crippen molar-refractivity contribution in [2.75, 3.05) is 19.7 Å². The summed E-state index contributed by atoms with van der Waals surface area (Å²) in [5.41, 5.74) is 0.990. The number of nitrogens with zero attached hydrogens (tertiary/aromatic N) is 2. The molecule has 4 nitrogen and oxygen atoms in total. The molecule has 4 heteroatoms. The number of hydrogen-bond donors (Lipinski definition) is 0. The molecule has 1 amide bonds. The lowest BCUT2D eigenvalue weighted by Crippen LogP contribution is -2.36. The van der Waals surface area contributed by atoms with Crippen LogP contribution in [0.5, 0.6) is 5.75 Å². The fraction of sp³-hybridized carbons (Fsp3) is 0.529. The molecule has 0 N–H and O–H groups in total. The van der Waals surface area contributed by atoms with E-state index in [0.29, 0.717) is 26.0 Å². The first-order valence-electron chi connectivity index (χ1n) is 7.66. The van der Waals surface area contributed by atoms with Crippen LogP contribution < -0.4 is 4.74 Å². The van der Waals surface area contributed by atoms with Gasteiger partial charge in [0.15, 0.2) is 0 Å². The Morgan fingerprint density at radius 3 is 2.67 bits per heavy atom. The van der Waals surface area contributed by atoms with Crippen molar-refractivity contribution in [2.24, 2.45) is 0 Å². The van der Waals surface area contributed by atoms with Crippen LogP contribution in [0.25, 0.3) is 0 Å². The Morgan fingerprint density at radius 1 is 1.14 bits per heavy atom. The van der Waals surface area contributed by atoms with Gasteiger partial charge in [-0.25, -0.2) is 0 Å². The lowest BCUT2D eigenvalue weighted by molar-refractivity contribution is -0.132. The molecular formula is C17H22N2O2. The van der Waals surface area contributed by atoms with E-state index in [2.05, 4.69) is 6.07 Å². The number of nitriles is 1. The highest BCUT2D eigenvalue weighted by Gasteiger charge is 2.15. The van der Waals surface area contributed by atoms with Crippen molar-refractivity contribution >= 4 is 5.91 Å². The molecule has 1 saturated heterocycles. The minimum absolute atomic E-state index is 0.252. The van der Waals surface area contributed by atoms with E-state index in [1.165, 1.54) is 12.8 Å². The summed E-state index contributed by atoms with van der Waals surface area (Å²) in [4.78, 5) is 13.9. The van der Waals surface area contributed by atoms with Gasteiger partial charge in [0, 0.05) is 13.0 Å². The number of ether oxygens (including phenoxy) is 1. The van der Waals surface area contributed by atoms with Crippen LogP contribution in [0, 0.1) is 11.3 Å². The fourth-order valence-electron chi connectivity index (χ4n) is 2.52. The molecule has 1 aromatic rings. The van der Waals surface area contributed by atoms with Crippen LogP contribution in [-0.4, -0.2) is 30.5 Å². The molecule has 1 aliphatic rings. The summed E-state index contributed by atoms with van der Waals surface area (Å²) in [6.45, 7) is 2.02. The molecule has 1 fully saturated rings. The molecular weight excluding hydrogens is 264 g/mol. The predicted octanol–water partition coefficient (Wildman–Crippen LogP) is 2.92. The number of amides is 1. The van der Waals surface area contributed by atoms with Crippen LogP contribution in [0.3, 0.4) is 0 Å². The SMILES string of the molecule is N#CCc1ccc(OCCN2CCCCCCC2=O)cc1. The van der Waals surface area contributed by atoms with Gasteiger partial charge in [-0.05, 0) is 30.5 Å². The number of likely N-dealkylation sites (tertiary alicyclic amines) is 1. The smallest absolute Gasteiger partial charge is 0.222 e. The zero-order chi connectivity index (χ0) is 14.9. The molecule has 0 spiro atoms. The Kier molecular flexibility index (Phi) is 6.08. The molecule has 0 bridgehead atoms.